The summed E-state index contributed by atoms with van der Waals surface area (Å²) in [5.74, 6) is 0.312. The van der Waals surface area contributed by atoms with Crippen LogP contribution in [0.25, 0.3) is 17.0 Å². The number of aromatic nitrogens is 4. The Hall–Kier alpha value is -3.23. The van der Waals surface area contributed by atoms with E-state index in [-0.39, 0.29) is 6.54 Å². The predicted octanol–water partition coefficient (Wildman–Crippen LogP) is 2.95. The van der Waals surface area contributed by atoms with Crippen LogP contribution in [0.4, 0.5) is 5.69 Å². The first kappa shape index (κ1) is 17.2. The summed E-state index contributed by atoms with van der Waals surface area (Å²) >= 11 is 6.40. The van der Waals surface area contributed by atoms with E-state index in [1.807, 2.05) is 37.3 Å². The minimum absolute atomic E-state index is 0.153. The fourth-order valence-electron chi connectivity index (χ4n) is 2.72. The lowest BCUT2D eigenvalue weighted by Crippen LogP contribution is -2.23. The van der Waals surface area contributed by atoms with E-state index in [9.17, 15) is 4.79 Å². The molecule has 0 aliphatic rings. The molecule has 3 aromatic heterocycles. The van der Waals surface area contributed by atoms with E-state index in [2.05, 4.69) is 15.1 Å². The van der Waals surface area contributed by atoms with Crippen molar-refractivity contribution in [1.82, 2.24) is 19.5 Å². The summed E-state index contributed by atoms with van der Waals surface area (Å²) < 4.78 is 7.79. The van der Waals surface area contributed by atoms with E-state index in [4.69, 9.17) is 22.0 Å². The third-order valence-electron chi connectivity index (χ3n) is 4.14. The number of pyridine rings is 1. The van der Waals surface area contributed by atoms with E-state index in [0.29, 0.717) is 34.3 Å². The van der Waals surface area contributed by atoms with Gasteiger partial charge in [0.15, 0.2) is 0 Å². The van der Waals surface area contributed by atoms with Crippen molar-refractivity contribution in [2.24, 2.45) is 5.73 Å². The van der Waals surface area contributed by atoms with Crippen LogP contribution >= 0.6 is 11.8 Å². The Morgan fingerprint density at radius 1 is 1.33 bits per heavy atom. The molecule has 0 spiro atoms. The zero-order chi connectivity index (χ0) is 19.0. The van der Waals surface area contributed by atoms with Crippen LogP contribution in [0.5, 0.6) is 0 Å². The van der Waals surface area contributed by atoms with Gasteiger partial charge in [-0.25, -0.2) is 9.40 Å². The minimum Gasteiger partial charge on any atom is -0.338 e. The molecule has 0 unspecified atom stereocenters. The first-order valence-electron chi connectivity index (χ1n) is 8.14. The van der Waals surface area contributed by atoms with Gasteiger partial charge in [-0.05, 0) is 30.7 Å². The second-order valence-corrected chi connectivity index (χ2v) is 6.21. The Morgan fingerprint density at radius 2 is 2.19 bits per heavy atom. The highest BCUT2D eigenvalue weighted by Crippen LogP contribution is 2.29. The SMILES string of the molecule is Cc1ccc(-c2noc(CN)n2)cc1N(Cl)C(=O)c1cnc2ccccn12. The molecule has 0 atom stereocenters. The van der Waals surface area contributed by atoms with Gasteiger partial charge in [-0.15, -0.1) is 0 Å². The van der Waals surface area contributed by atoms with Crippen molar-refractivity contribution >= 4 is 29.0 Å². The van der Waals surface area contributed by atoms with Gasteiger partial charge < -0.3 is 10.3 Å². The van der Waals surface area contributed by atoms with Gasteiger partial charge in [0.25, 0.3) is 5.91 Å². The van der Waals surface area contributed by atoms with Gasteiger partial charge in [0.05, 0.1) is 18.4 Å². The molecule has 1 aromatic carbocycles. The number of anilines is 1. The topological polar surface area (TPSA) is 103 Å². The number of carbonyl (C=O) groups is 1. The molecule has 1 amide bonds. The number of imidazole rings is 1. The quantitative estimate of drug-likeness (QED) is 0.544. The number of nitrogens with two attached hydrogens (primary N) is 1. The molecule has 9 heteroatoms. The molecule has 8 nitrogen and oxygen atoms in total. The first-order chi connectivity index (χ1) is 13.1. The molecule has 4 rings (SSSR count). The molecule has 136 valence electrons. The number of carbonyl (C=O) groups excluding carboxylic acids is 1. The van der Waals surface area contributed by atoms with Crippen molar-refractivity contribution in [2.75, 3.05) is 4.42 Å². The molecule has 27 heavy (non-hydrogen) atoms. The third kappa shape index (κ3) is 3.05. The predicted molar refractivity (Wildman–Crippen MR) is 100 cm³/mol. The van der Waals surface area contributed by atoms with Gasteiger partial charge in [-0.3, -0.25) is 9.20 Å². The van der Waals surface area contributed by atoms with E-state index in [1.165, 1.54) is 6.20 Å². The normalized spacial score (nSPS) is 11.1. The van der Waals surface area contributed by atoms with Crippen molar-refractivity contribution in [1.29, 1.82) is 0 Å². The summed E-state index contributed by atoms with van der Waals surface area (Å²) in [6.07, 6.45) is 3.26. The van der Waals surface area contributed by atoms with Crippen molar-refractivity contribution in [3.63, 3.8) is 0 Å². The molecular weight excluding hydrogens is 368 g/mol. The Morgan fingerprint density at radius 3 is 2.96 bits per heavy atom. The van der Waals surface area contributed by atoms with Crippen LogP contribution < -0.4 is 10.2 Å². The van der Waals surface area contributed by atoms with Crippen LogP contribution in [-0.2, 0) is 6.54 Å². The molecule has 0 aliphatic heterocycles. The molecule has 0 radical (unpaired) electrons. The smallest absolute Gasteiger partial charge is 0.291 e. The van der Waals surface area contributed by atoms with Crippen LogP contribution in [0, 0.1) is 6.92 Å². The van der Waals surface area contributed by atoms with Gasteiger partial charge in [-0.2, -0.15) is 4.98 Å². The van der Waals surface area contributed by atoms with Gasteiger partial charge in [0, 0.05) is 23.5 Å². The number of hydrogen-bond donors (Lipinski definition) is 1. The maximum absolute atomic E-state index is 12.9. The zero-order valence-corrected chi connectivity index (χ0v) is 15.1. The van der Waals surface area contributed by atoms with Gasteiger partial charge in [0.2, 0.25) is 11.7 Å². The fraction of sp³-hybridized carbons (Fsp3) is 0.111. The molecule has 3 heterocycles. The zero-order valence-electron chi connectivity index (χ0n) is 14.3. The molecule has 0 fully saturated rings. The van der Waals surface area contributed by atoms with Crippen molar-refractivity contribution in [3.05, 3.63) is 65.9 Å². The standard InChI is InChI=1S/C18H15ClN6O2/c1-11-5-6-12(17-22-16(9-20)27-23-17)8-13(11)25(19)18(26)14-10-21-15-4-2-3-7-24(14)15/h2-8,10H,9,20H2,1H3. The van der Waals surface area contributed by atoms with Crippen LogP contribution in [0.1, 0.15) is 21.9 Å². The van der Waals surface area contributed by atoms with E-state index in [0.717, 1.165) is 9.98 Å². The molecule has 4 aromatic rings. The summed E-state index contributed by atoms with van der Waals surface area (Å²) in [6, 6.07) is 10.9. The highest BCUT2D eigenvalue weighted by Gasteiger charge is 2.22. The second-order valence-electron chi connectivity index (χ2n) is 5.88. The van der Waals surface area contributed by atoms with E-state index < -0.39 is 5.91 Å². The number of benzene rings is 1. The molecule has 2 N–H and O–H groups in total. The van der Waals surface area contributed by atoms with Crippen molar-refractivity contribution in [2.45, 2.75) is 13.5 Å². The number of nitrogens with zero attached hydrogens (tertiary/aromatic N) is 5. The molecule has 0 bridgehead atoms. The number of halogens is 1. The second kappa shape index (κ2) is 6.82. The Labute approximate surface area is 159 Å². The number of aryl methyl sites for hydroxylation is 1. The Balaban J connectivity index is 1.71. The lowest BCUT2D eigenvalue weighted by atomic mass is 10.1. The van der Waals surface area contributed by atoms with Crippen LogP contribution in [-0.4, -0.2) is 25.4 Å². The number of fused-ring (bicyclic) bond motifs is 1. The van der Waals surface area contributed by atoms with Gasteiger partial charge in [-0.1, -0.05) is 23.4 Å². The Kier molecular flexibility index (Phi) is 4.35. The molecular formula is C18H15ClN6O2. The lowest BCUT2D eigenvalue weighted by molar-refractivity contribution is 0.1000. The summed E-state index contributed by atoms with van der Waals surface area (Å²) in [6.45, 7) is 2.01. The van der Waals surface area contributed by atoms with Gasteiger partial charge in [0.1, 0.15) is 11.3 Å². The maximum Gasteiger partial charge on any atom is 0.291 e. The summed E-state index contributed by atoms with van der Waals surface area (Å²) in [5, 5.41) is 3.90. The summed E-state index contributed by atoms with van der Waals surface area (Å²) in [7, 11) is 0. The molecule has 0 aliphatic carbocycles. The Bertz CT molecular complexity index is 1140. The number of amides is 1. The van der Waals surface area contributed by atoms with E-state index >= 15 is 0 Å². The van der Waals surface area contributed by atoms with Crippen molar-refractivity contribution < 1.29 is 9.32 Å². The van der Waals surface area contributed by atoms with Crippen LogP contribution in [0.2, 0.25) is 0 Å². The highest BCUT2D eigenvalue weighted by molar-refractivity contribution is 6.39. The van der Waals surface area contributed by atoms with Crippen LogP contribution in [0.3, 0.4) is 0 Å². The van der Waals surface area contributed by atoms with E-state index in [1.54, 1.807) is 16.7 Å². The summed E-state index contributed by atoms with van der Waals surface area (Å²) in [4.78, 5) is 21.4. The number of hydrogen-bond acceptors (Lipinski definition) is 6. The number of rotatable bonds is 4. The molecule has 0 saturated carbocycles. The average Bonchev–Trinajstić information content (AvgIpc) is 3.34. The lowest BCUT2D eigenvalue weighted by Gasteiger charge is -2.16. The third-order valence-corrected chi connectivity index (χ3v) is 4.47. The molecule has 0 saturated heterocycles. The summed E-state index contributed by atoms with van der Waals surface area (Å²) in [5.41, 5.74) is 8.52. The largest absolute Gasteiger partial charge is 0.338 e. The van der Waals surface area contributed by atoms with Gasteiger partial charge >= 0.3 is 0 Å². The first-order valence-corrected chi connectivity index (χ1v) is 8.48. The monoisotopic (exact) mass is 382 g/mol. The fourth-order valence-corrected chi connectivity index (χ4v) is 2.98. The van der Waals surface area contributed by atoms with Crippen LogP contribution in [0.15, 0.2) is 53.3 Å². The minimum atomic E-state index is -0.397. The van der Waals surface area contributed by atoms with Crippen molar-refractivity contribution in [3.8, 4) is 11.4 Å². The average molecular weight is 383 g/mol. The highest BCUT2D eigenvalue weighted by atomic mass is 35.5. The maximum atomic E-state index is 12.9.